The molecule has 28 heavy (non-hydrogen) atoms. The van der Waals surface area contributed by atoms with Crippen LogP contribution in [0.1, 0.15) is 19.7 Å². The van der Waals surface area contributed by atoms with Crippen molar-refractivity contribution in [1.82, 2.24) is 20.4 Å². The van der Waals surface area contributed by atoms with Crippen molar-refractivity contribution in [3.05, 3.63) is 34.1 Å². The largest absolute Gasteiger partial charge is 0.362 e. The Bertz CT molecular complexity index is 860. The lowest BCUT2D eigenvalue weighted by atomic mass is 10.1. The van der Waals surface area contributed by atoms with Gasteiger partial charge in [0.15, 0.2) is 5.82 Å². The second-order valence-corrected chi connectivity index (χ2v) is 6.86. The van der Waals surface area contributed by atoms with Crippen LogP contribution in [0.15, 0.2) is 22.7 Å². The highest BCUT2D eigenvalue weighted by atomic mass is 16.6. The average molecular weight is 388 g/mol. The number of nitrogens with zero attached hydrogens (tertiary/aromatic N) is 5. The second kappa shape index (κ2) is 8.34. The van der Waals surface area contributed by atoms with E-state index < -0.39 is 4.92 Å². The van der Waals surface area contributed by atoms with Crippen molar-refractivity contribution in [2.45, 2.75) is 26.3 Å². The van der Waals surface area contributed by atoms with E-state index in [1.165, 1.54) is 13.0 Å². The van der Waals surface area contributed by atoms with Gasteiger partial charge in [0.25, 0.3) is 11.6 Å². The zero-order valence-corrected chi connectivity index (χ0v) is 16.2. The summed E-state index contributed by atoms with van der Waals surface area (Å²) >= 11 is 0. The topological polar surface area (TPSA) is 118 Å². The number of carbonyl (C=O) groups excluding carboxylic acids is 1. The molecule has 10 nitrogen and oxygen atoms in total. The molecule has 0 saturated carbocycles. The van der Waals surface area contributed by atoms with Crippen LogP contribution in [0.4, 0.5) is 11.4 Å². The molecule has 1 saturated heterocycles. The first kappa shape index (κ1) is 19.7. The number of amides is 1. The number of anilines is 1. The number of nitro benzene ring substituents is 1. The Morgan fingerprint density at radius 1 is 1.36 bits per heavy atom. The minimum atomic E-state index is -0.406. The SMILES string of the molecule is CNC(C)Cc1noc(-c2ccc(N3CCN(C(C)=O)CC3)c([N+](=O)[O-])c2)n1. The number of aromatic nitrogens is 2. The van der Waals surface area contributed by atoms with Crippen molar-refractivity contribution in [3.63, 3.8) is 0 Å². The number of likely N-dealkylation sites (N-methyl/N-ethyl adjacent to an activating group) is 1. The van der Waals surface area contributed by atoms with E-state index in [1.54, 1.807) is 17.0 Å². The number of benzene rings is 1. The first-order valence-corrected chi connectivity index (χ1v) is 9.18. The Morgan fingerprint density at radius 3 is 2.68 bits per heavy atom. The number of rotatable bonds is 6. The predicted octanol–water partition coefficient (Wildman–Crippen LogP) is 1.46. The molecule has 1 unspecified atom stereocenters. The molecule has 1 amide bonds. The van der Waals surface area contributed by atoms with Gasteiger partial charge in [-0.25, -0.2) is 0 Å². The molecule has 0 aliphatic carbocycles. The first-order valence-electron chi connectivity index (χ1n) is 9.18. The minimum Gasteiger partial charge on any atom is -0.362 e. The fourth-order valence-electron chi connectivity index (χ4n) is 3.16. The lowest BCUT2D eigenvalue weighted by Crippen LogP contribution is -2.48. The Balaban J connectivity index is 1.82. The van der Waals surface area contributed by atoms with Crippen molar-refractivity contribution >= 4 is 17.3 Å². The third-order valence-electron chi connectivity index (χ3n) is 4.93. The molecule has 0 bridgehead atoms. The second-order valence-electron chi connectivity index (χ2n) is 6.86. The fourth-order valence-corrected chi connectivity index (χ4v) is 3.16. The van der Waals surface area contributed by atoms with Crippen LogP contribution < -0.4 is 10.2 Å². The molecule has 1 atom stereocenters. The van der Waals surface area contributed by atoms with Gasteiger partial charge in [0.2, 0.25) is 5.91 Å². The third-order valence-corrected chi connectivity index (χ3v) is 4.93. The van der Waals surface area contributed by atoms with Gasteiger partial charge in [0.1, 0.15) is 5.69 Å². The average Bonchev–Trinajstić information content (AvgIpc) is 3.15. The fraction of sp³-hybridized carbons (Fsp3) is 0.500. The Hall–Kier alpha value is -3.01. The van der Waals surface area contributed by atoms with Crippen LogP contribution >= 0.6 is 0 Å². The summed E-state index contributed by atoms with van der Waals surface area (Å²) < 4.78 is 5.29. The molecule has 0 spiro atoms. The summed E-state index contributed by atoms with van der Waals surface area (Å²) in [7, 11) is 1.85. The molecule has 150 valence electrons. The van der Waals surface area contributed by atoms with Gasteiger partial charge in [0, 0.05) is 57.2 Å². The van der Waals surface area contributed by atoms with Crippen molar-refractivity contribution < 1.29 is 14.2 Å². The molecule has 1 N–H and O–H groups in total. The minimum absolute atomic E-state index is 0.0166. The molecule has 3 rings (SSSR count). The van der Waals surface area contributed by atoms with E-state index in [0.29, 0.717) is 49.7 Å². The number of hydrogen-bond acceptors (Lipinski definition) is 8. The predicted molar refractivity (Wildman–Crippen MR) is 103 cm³/mol. The maximum absolute atomic E-state index is 11.6. The van der Waals surface area contributed by atoms with E-state index >= 15 is 0 Å². The van der Waals surface area contributed by atoms with Crippen LogP contribution in [0, 0.1) is 10.1 Å². The van der Waals surface area contributed by atoms with Gasteiger partial charge in [-0.2, -0.15) is 4.98 Å². The van der Waals surface area contributed by atoms with Gasteiger partial charge >= 0.3 is 0 Å². The van der Waals surface area contributed by atoms with Crippen LogP contribution in [0.5, 0.6) is 0 Å². The number of nitro groups is 1. The van der Waals surface area contributed by atoms with E-state index in [9.17, 15) is 14.9 Å². The maximum atomic E-state index is 11.6. The van der Waals surface area contributed by atoms with Crippen LogP contribution in [0.2, 0.25) is 0 Å². The van der Waals surface area contributed by atoms with Crippen molar-refractivity contribution in [2.75, 3.05) is 38.1 Å². The number of piperazine rings is 1. The van der Waals surface area contributed by atoms with Crippen molar-refractivity contribution in [3.8, 4) is 11.5 Å². The molecule has 1 aromatic carbocycles. The summed E-state index contributed by atoms with van der Waals surface area (Å²) in [5, 5.41) is 18.7. The molecule has 1 aliphatic heterocycles. The van der Waals surface area contributed by atoms with E-state index in [4.69, 9.17) is 4.52 Å². The van der Waals surface area contributed by atoms with Gasteiger partial charge in [-0.1, -0.05) is 5.16 Å². The Morgan fingerprint density at radius 2 is 2.07 bits per heavy atom. The van der Waals surface area contributed by atoms with Gasteiger partial charge in [-0.05, 0) is 26.1 Å². The molecule has 2 heterocycles. The summed E-state index contributed by atoms with van der Waals surface area (Å²) in [6, 6.07) is 5.11. The standard InChI is InChI=1S/C18H24N6O4/c1-12(19-3)10-17-20-18(28-21-17)14-4-5-15(16(11-14)24(26)27)23-8-6-22(7-9-23)13(2)25/h4-5,11-12,19H,6-10H2,1-3H3. The highest BCUT2D eigenvalue weighted by Crippen LogP contribution is 2.33. The molecule has 1 aliphatic rings. The highest BCUT2D eigenvalue weighted by Gasteiger charge is 2.26. The lowest BCUT2D eigenvalue weighted by Gasteiger charge is -2.35. The van der Waals surface area contributed by atoms with E-state index in [0.717, 1.165) is 0 Å². The van der Waals surface area contributed by atoms with Gasteiger partial charge < -0.3 is 19.6 Å². The van der Waals surface area contributed by atoms with Crippen LogP contribution in [0.3, 0.4) is 0 Å². The zero-order valence-electron chi connectivity index (χ0n) is 16.2. The monoisotopic (exact) mass is 388 g/mol. The molecule has 0 radical (unpaired) electrons. The van der Waals surface area contributed by atoms with E-state index in [-0.39, 0.29) is 23.5 Å². The Kier molecular flexibility index (Phi) is 5.88. The molecule has 10 heteroatoms. The Labute approximate surface area is 162 Å². The first-order chi connectivity index (χ1) is 13.4. The summed E-state index contributed by atoms with van der Waals surface area (Å²) in [6.45, 7) is 5.72. The normalized spacial score (nSPS) is 15.5. The van der Waals surface area contributed by atoms with Crippen molar-refractivity contribution in [2.24, 2.45) is 0 Å². The summed E-state index contributed by atoms with van der Waals surface area (Å²) in [4.78, 5) is 30.7. The quantitative estimate of drug-likeness (QED) is 0.584. The van der Waals surface area contributed by atoms with Crippen LogP contribution in [-0.4, -0.2) is 65.1 Å². The van der Waals surface area contributed by atoms with Gasteiger partial charge in [-0.3, -0.25) is 14.9 Å². The number of nitrogens with one attached hydrogen (secondary N) is 1. The van der Waals surface area contributed by atoms with Gasteiger partial charge in [0.05, 0.1) is 4.92 Å². The van der Waals surface area contributed by atoms with Crippen LogP contribution in [-0.2, 0) is 11.2 Å². The maximum Gasteiger partial charge on any atom is 0.293 e. The summed E-state index contributed by atoms with van der Waals surface area (Å²) in [5.41, 5.74) is 1.02. The van der Waals surface area contributed by atoms with Gasteiger partial charge in [-0.15, -0.1) is 0 Å². The van der Waals surface area contributed by atoms with Crippen molar-refractivity contribution in [1.29, 1.82) is 0 Å². The zero-order chi connectivity index (χ0) is 20.3. The van der Waals surface area contributed by atoms with Crippen LogP contribution in [0.25, 0.3) is 11.5 Å². The summed E-state index contributed by atoms with van der Waals surface area (Å²) in [5.74, 6) is 0.822. The molecule has 1 fully saturated rings. The molecule has 2 aromatic rings. The van der Waals surface area contributed by atoms with E-state index in [1.807, 2.05) is 18.9 Å². The molecular formula is C18H24N6O4. The number of hydrogen-bond donors (Lipinski definition) is 1. The molecule has 1 aromatic heterocycles. The lowest BCUT2D eigenvalue weighted by molar-refractivity contribution is -0.384. The highest BCUT2D eigenvalue weighted by molar-refractivity contribution is 5.74. The molecular weight excluding hydrogens is 364 g/mol. The van der Waals surface area contributed by atoms with E-state index in [2.05, 4.69) is 15.5 Å². The number of carbonyl (C=O) groups is 1. The smallest absolute Gasteiger partial charge is 0.293 e. The third kappa shape index (κ3) is 4.28. The summed E-state index contributed by atoms with van der Waals surface area (Å²) in [6.07, 6.45) is 0.598.